The predicted octanol–water partition coefficient (Wildman–Crippen LogP) is 9.45. The normalized spacial score (nSPS) is 12.3. The third-order valence-corrected chi connectivity index (χ3v) is 11.2. The number of carbonyl (C=O) groups is 1. The van der Waals surface area contributed by atoms with Crippen molar-refractivity contribution in [1.82, 2.24) is 4.98 Å². The van der Waals surface area contributed by atoms with Crippen molar-refractivity contribution in [1.29, 1.82) is 0 Å². The summed E-state index contributed by atoms with van der Waals surface area (Å²) in [6.07, 6.45) is 3.08. The van der Waals surface area contributed by atoms with E-state index in [9.17, 15) is 14.3 Å². The molecule has 1 aromatic heterocycles. The molecule has 0 aliphatic heterocycles. The zero-order valence-corrected chi connectivity index (χ0v) is 30.9. The van der Waals surface area contributed by atoms with Crippen LogP contribution in [0.5, 0.6) is 0 Å². The van der Waals surface area contributed by atoms with Gasteiger partial charge in [0.05, 0.1) is 0 Å². The van der Waals surface area contributed by atoms with Gasteiger partial charge in [-0.25, -0.2) is 0 Å². The molecule has 0 unspecified atom stereocenters. The van der Waals surface area contributed by atoms with Gasteiger partial charge in [0.15, 0.2) is 5.78 Å². The Kier molecular flexibility index (Phi) is 11.7. The van der Waals surface area contributed by atoms with E-state index < -0.39 is 18.7 Å². The molecule has 0 aliphatic carbocycles. The molecule has 6 heteroatoms. The van der Waals surface area contributed by atoms with Crippen molar-refractivity contribution in [3.8, 4) is 22.4 Å². The number of benzene rings is 3. The first kappa shape index (κ1) is 35.6. The minimum absolute atomic E-state index is 0. The molecular formula is C36H43FGeIrNO2-. The van der Waals surface area contributed by atoms with Gasteiger partial charge in [0.25, 0.3) is 0 Å². The third kappa shape index (κ3) is 9.20. The van der Waals surface area contributed by atoms with Crippen LogP contribution in [0, 0.1) is 29.6 Å². The molecule has 1 heterocycles. The molecule has 42 heavy (non-hydrogen) atoms. The maximum Gasteiger partial charge on any atom is 0 e. The van der Waals surface area contributed by atoms with Crippen molar-refractivity contribution in [2.75, 3.05) is 0 Å². The molecule has 0 spiro atoms. The van der Waals surface area contributed by atoms with E-state index >= 15 is 0 Å². The van der Waals surface area contributed by atoms with Crippen molar-refractivity contribution < 1.29 is 34.4 Å². The van der Waals surface area contributed by atoms with Crippen molar-refractivity contribution in [3.05, 3.63) is 96.1 Å². The van der Waals surface area contributed by atoms with Crippen LogP contribution in [0.2, 0.25) is 17.3 Å². The number of carbonyl (C=O) groups excluding carboxylic acids is 1. The van der Waals surface area contributed by atoms with Gasteiger partial charge in [0, 0.05) is 37.0 Å². The van der Waals surface area contributed by atoms with E-state index in [4.69, 9.17) is 0 Å². The van der Waals surface area contributed by atoms with Gasteiger partial charge in [-0.1, -0.05) is 47.6 Å². The number of aryl methyl sites for hydroxylation is 1. The second-order valence-electron chi connectivity index (χ2n) is 13.7. The fraction of sp³-hybridized carbons (Fsp3) is 0.333. The number of aliphatic hydroxyl groups excluding tert-OH is 1. The van der Waals surface area contributed by atoms with E-state index in [1.807, 2.05) is 71.9 Å². The van der Waals surface area contributed by atoms with Gasteiger partial charge >= 0.3 is 163 Å². The van der Waals surface area contributed by atoms with Gasteiger partial charge in [0.2, 0.25) is 0 Å². The summed E-state index contributed by atoms with van der Waals surface area (Å²) in [6.45, 7) is 13.2. The summed E-state index contributed by atoms with van der Waals surface area (Å²) >= 11 is -2.05. The number of pyridine rings is 1. The minimum Gasteiger partial charge on any atom is 0 e. The van der Waals surface area contributed by atoms with Gasteiger partial charge in [0.1, 0.15) is 5.76 Å². The molecule has 0 saturated heterocycles. The van der Waals surface area contributed by atoms with Crippen molar-refractivity contribution in [2.45, 2.75) is 65.7 Å². The van der Waals surface area contributed by atoms with Gasteiger partial charge in [-0.3, -0.25) is 4.79 Å². The molecule has 0 saturated carbocycles. The van der Waals surface area contributed by atoms with Crippen LogP contribution in [0.3, 0.4) is 0 Å². The molecule has 0 atom stereocenters. The molecule has 3 nitrogen and oxygen atoms in total. The second kappa shape index (κ2) is 13.8. The molecule has 3 aromatic carbocycles. The zero-order chi connectivity index (χ0) is 30.8. The topological polar surface area (TPSA) is 50.2 Å². The number of rotatable bonds is 4. The number of aromatic nitrogens is 1. The fourth-order valence-electron chi connectivity index (χ4n) is 4.07. The van der Waals surface area contributed by atoms with Crippen LogP contribution in [-0.2, 0) is 24.9 Å². The molecule has 0 bridgehead atoms. The Morgan fingerprint density at radius 1 is 0.929 bits per heavy atom. The number of hydrogen-bond acceptors (Lipinski definition) is 3. The average molecular weight is 806 g/mol. The summed E-state index contributed by atoms with van der Waals surface area (Å²) in [4.78, 5) is 16.0. The number of fused-ring (bicyclic) bond motifs is 1. The summed E-state index contributed by atoms with van der Waals surface area (Å²) in [6, 6.07) is 23.3. The molecular weight excluding hydrogens is 762 g/mol. The Labute approximate surface area is 267 Å². The van der Waals surface area contributed by atoms with E-state index in [0.717, 1.165) is 22.2 Å². The van der Waals surface area contributed by atoms with Crippen LogP contribution in [-0.4, -0.2) is 29.1 Å². The standard InChI is InChI=1S/C25H23FGeN.C11H20O2.Ir/c1-17-13-20(14-18-7-5-6-8-22(17)18)25-15-19(11-12-28-25)23-10-9-21(16-24(23)26)27(2,3)4;1-10(2,3)8(12)7-9(13)11(4,5)6;/h5-13,15-16H,1-4H3;7,12H,1-6H3;/q-1;;/b;8-7-;. The molecule has 1 radical (unpaired) electrons. The molecule has 0 amide bonds. The van der Waals surface area contributed by atoms with E-state index in [1.165, 1.54) is 21.4 Å². The Balaban J connectivity index is 0.000000377. The van der Waals surface area contributed by atoms with E-state index in [0.29, 0.717) is 5.56 Å². The van der Waals surface area contributed by atoms with Crippen molar-refractivity contribution >= 4 is 34.2 Å². The Hall–Kier alpha value is -2.60. The number of nitrogens with zero attached hydrogens (tertiary/aromatic N) is 1. The molecule has 1 N–H and O–H groups in total. The maximum atomic E-state index is 14.9. The summed E-state index contributed by atoms with van der Waals surface area (Å²) in [5.74, 6) is 6.77. The third-order valence-electron chi connectivity index (χ3n) is 6.94. The first-order valence-electron chi connectivity index (χ1n) is 14.0. The average Bonchev–Trinajstić information content (AvgIpc) is 2.87. The fourth-order valence-corrected chi connectivity index (χ4v) is 6.47. The van der Waals surface area contributed by atoms with Crippen LogP contribution in [0.1, 0.15) is 47.1 Å². The molecule has 0 aliphatic rings. The summed E-state index contributed by atoms with van der Waals surface area (Å²) in [5, 5.41) is 11.8. The predicted molar refractivity (Wildman–Crippen MR) is 174 cm³/mol. The van der Waals surface area contributed by atoms with Crippen LogP contribution >= 0.6 is 0 Å². The first-order valence-corrected chi connectivity index (χ1v) is 21.4. The molecule has 4 rings (SSSR count). The van der Waals surface area contributed by atoms with Gasteiger partial charge in [-0.05, 0) is 0 Å². The molecule has 225 valence electrons. The first-order chi connectivity index (χ1) is 18.9. The monoisotopic (exact) mass is 807 g/mol. The number of hydrogen-bond donors (Lipinski definition) is 1. The number of halogens is 1. The second-order valence-corrected chi connectivity index (χ2v) is 24.3. The summed E-state index contributed by atoms with van der Waals surface area (Å²) < 4.78 is 16.0. The zero-order valence-electron chi connectivity index (χ0n) is 26.4. The SMILES string of the molecule is CC(C)(C)C(=O)/C=C(\O)C(C)(C)C.Cc1cc(-c2cc(-c3cc[c]([Ge]([CH3])([CH3])[CH3])cc3F)ccn2)[c-]c2ccccc12.[Ir]. The largest absolute Gasteiger partial charge is 0 e. The van der Waals surface area contributed by atoms with Crippen LogP contribution in [0.4, 0.5) is 4.39 Å². The Morgan fingerprint density at radius 3 is 2.14 bits per heavy atom. The van der Waals surface area contributed by atoms with Crippen molar-refractivity contribution in [3.63, 3.8) is 0 Å². The molecule has 4 aromatic rings. The van der Waals surface area contributed by atoms with Gasteiger partial charge in [-0.15, -0.1) is 0 Å². The number of allylic oxidation sites excluding steroid dienone is 2. The smallest absolute Gasteiger partial charge is 0 e. The summed E-state index contributed by atoms with van der Waals surface area (Å²) in [7, 11) is 0. The van der Waals surface area contributed by atoms with E-state index in [2.05, 4.69) is 59.5 Å². The Bertz CT molecular complexity index is 1590. The van der Waals surface area contributed by atoms with Gasteiger partial charge in [-0.2, -0.15) is 0 Å². The van der Waals surface area contributed by atoms with Crippen LogP contribution in [0.25, 0.3) is 33.2 Å². The maximum absolute atomic E-state index is 14.9. The van der Waals surface area contributed by atoms with E-state index in [1.54, 1.807) is 12.3 Å². The van der Waals surface area contributed by atoms with Gasteiger partial charge < -0.3 is 5.11 Å². The van der Waals surface area contributed by atoms with Crippen molar-refractivity contribution in [2.24, 2.45) is 10.8 Å². The summed E-state index contributed by atoms with van der Waals surface area (Å²) in [5.41, 5.74) is 3.62. The Morgan fingerprint density at radius 2 is 1.57 bits per heavy atom. The van der Waals surface area contributed by atoms with E-state index in [-0.39, 0.29) is 42.9 Å². The minimum atomic E-state index is -2.05. The molecule has 0 fully saturated rings. The quantitative estimate of drug-likeness (QED) is 0.0969. The number of aliphatic hydroxyl groups is 1. The van der Waals surface area contributed by atoms with Crippen LogP contribution in [0.15, 0.2) is 78.7 Å². The van der Waals surface area contributed by atoms with Crippen LogP contribution < -0.4 is 4.40 Å². The number of ketones is 1.